The minimum absolute atomic E-state index is 0.973. The number of nitrogens with zero attached hydrogens (tertiary/aromatic N) is 1. The summed E-state index contributed by atoms with van der Waals surface area (Å²) in [7, 11) is 2.15. The van der Waals surface area contributed by atoms with Crippen LogP contribution in [-0.4, -0.2) is 51.2 Å². The fourth-order valence-corrected chi connectivity index (χ4v) is 1.74. The van der Waals surface area contributed by atoms with Gasteiger partial charge in [-0.3, -0.25) is 0 Å². The number of hydrogen-bond donors (Lipinski definition) is 2. The molecule has 112 valence electrons. The van der Waals surface area contributed by atoms with Gasteiger partial charge in [-0.15, -0.1) is 0 Å². The van der Waals surface area contributed by atoms with Gasteiger partial charge in [0.1, 0.15) is 0 Å². The summed E-state index contributed by atoms with van der Waals surface area (Å²) in [5, 5.41) is 6.59. The molecule has 2 fully saturated rings. The summed E-state index contributed by atoms with van der Waals surface area (Å²) in [6.45, 7) is 17.5. The number of nitrogens with one attached hydrogen (secondary N) is 2. The molecule has 0 unspecified atom stereocenters. The van der Waals surface area contributed by atoms with E-state index in [1.165, 1.54) is 39.0 Å². The lowest BCUT2D eigenvalue weighted by atomic mass is 10.0. The number of piperidine rings is 1. The van der Waals surface area contributed by atoms with E-state index in [1.54, 1.807) is 0 Å². The van der Waals surface area contributed by atoms with Crippen LogP contribution in [0, 0.1) is 5.92 Å². The highest BCUT2D eigenvalue weighted by Gasteiger charge is 2.05. The lowest BCUT2D eigenvalue weighted by molar-refractivity contribution is 0.291. The molecule has 2 rings (SSSR count). The summed E-state index contributed by atoms with van der Waals surface area (Å²) in [6, 6.07) is 0. The van der Waals surface area contributed by atoms with Crippen molar-refractivity contribution in [2.75, 3.05) is 46.3 Å². The van der Waals surface area contributed by atoms with E-state index in [2.05, 4.69) is 29.5 Å². The summed E-state index contributed by atoms with van der Waals surface area (Å²) in [6.07, 6.45) is 2.75. The Hall–Kier alpha value is -0.120. The Balaban J connectivity index is 0. The Morgan fingerprint density at radius 2 is 1.17 bits per heavy atom. The number of rotatable bonds is 0. The number of likely N-dealkylation sites (N-methyl/N-ethyl adjacent to an activating group) is 1. The van der Waals surface area contributed by atoms with Crippen molar-refractivity contribution in [3.8, 4) is 0 Å². The Bertz CT molecular complexity index is 112. The first-order chi connectivity index (χ1) is 8.79. The van der Waals surface area contributed by atoms with Crippen molar-refractivity contribution in [2.45, 2.75) is 47.5 Å². The average Bonchev–Trinajstić information content (AvgIpc) is 2.46. The van der Waals surface area contributed by atoms with E-state index >= 15 is 0 Å². The molecule has 0 amide bonds. The van der Waals surface area contributed by atoms with Gasteiger partial charge in [-0.05, 0) is 38.9 Å². The fourth-order valence-electron chi connectivity index (χ4n) is 1.74. The Labute approximate surface area is 116 Å². The fraction of sp³-hybridized carbons (Fsp3) is 1.00. The predicted molar refractivity (Wildman–Crippen MR) is 84.3 cm³/mol. The van der Waals surface area contributed by atoms with Crippen molar-refractivity contribution in [3.05, 3.63) is 0 Å². The van der Waals surface area contributed by atoms with Crippen LogP contribution in [0.2, 0.25) is 0 Å². The molecular formula is C15H37N3. The van der Waals surface area contributed by atoms with Crippen LogP contribution in [0.5, 0.6) is 0 Å². The standard InChI is InChI=1S/C6H13N.C5H12N2.2C2H6/c1-6-2-4-7-5-3-6;1-7-4-2-6-3-5-7;2*1-2/h6-7H,2-5H2,1H3;6H,2-5H2,1H3;2*1-2H3. The molecule has 0 aromatic rings. The largest absolute Gasteiger partial charge is 0.317 e. The molecule has 2 aliphatic heterocycles. The molecule has 3 nitrogen and oxygen atoms in total. The number of piperazine rings is 1. The van der Waals surface area contributed by atoms with Crippen LogP contribution in [0.15, 0.2) is 0 Å². The highest BCUT2D eigenvalue weighted by atomic mass is 15.2. The molecule has 0 bridgehead atoms. The molecule has 0 aromatic heterocycles. The third kappa shape index (κ3) is 13.9. The second-order valence-electron chi connectivity index (χ2n) is 4.49. The Kier molecular flexibility index (Phi) is 18.9. The Morgan fingerprint density at radius 3 is 1.39 bits per heavy atom. The topological polar surface area (TPSA) is 27.3 Å². The maximum Gasteiger partial charge on any atom is 0.0104 e. The molecule has 0 atom stereocenters. The van der Waals surface area contributed by atoms with Crippen LogP contribution in [0.1, 0.15) is 47.5 Å². The molecular weight excluding hydrogens is 222 g/mol. The van der Waals surface area contributed by atoms with Crippen molar-refractivity contribution in [1.82, 2.24) is 15.5 Å². The second-order valence-corrected chi connectivity index (χ2v) is 4.49. The van der Waals surface area contributed by atoms with Crippen LogP contribution in [0.3, 0.4) is 0 Å². The van der Waals surface area contributed by atoms with Gasteiger partial charge in [-0.25, -0.2) is 0 Å². The molecule has 2 N–H and O–H groups in total. The molecule has 18 heavy (non-hydrogen) atoms. The normalized spacial score (nSPS) is 20.3. The highest BCUT2D eigenvalue weighted by Crippen LogP contribution is 2.08. The molecule has 0 aromatic carbocycles. The zero-order valence-electron chi connectivity index (χ0n) is 13.7. The third-order valence-corrected chi connectivity index (χ3v) is 2.97. The molecule has 3 heteroatoms. The van der Waals surface area contributed by atoms with Crippen LogP contribution in [0.25, 0.3) is 0 Å². The maximum absolute atomic E-state index is 3.32. The van der Waals surface area contributed by atoms with Gasteiger partial charge in [0.25, 0.3) is 0 Å². The maximum atomic E-state index is 3.32. The molecule has 2 saturated heterocycles. The minimum atomic E-state index is 0.973. The van der Waals surface area contributed by atoms with Gasteiger partial charge in [-0.1, -0.05) is 34.6 Å². The van der Waals surface area contributed by atoms with E-state index in [-0.39, 0.29) is 0 Å². The van der Waals surface area contributed by atoms with E-state index in [1.807, 2.05) is 27.7 Å². The lowest BCUT2D eigenvalue weighted by Crippen LogP contribution is -2.40. The van der Waals surface area contributed by atoms with Crippen LogP contribution >= 0.6 is 0 Å². The summed E-state index contributed by atoms with van der Waals surface area (Å²) in [5.41, 5.74) is 0. The average molecular weight is 259 g/mol. The van der Waals surface area contributed by atoms with Gasteiger partial charge >= 0.3 is 0 Å². The van der Waals surface area contributed by atoms with E-state index in [9.17, 15) is 0 Å². The quantitative estimate of drug-likeness (QED) is 0.700. The van der Waals surface area contributed by atoms with E-state index in [4.69, 9.17) is 0 Å². The first-order valence-electron chi connectivity index (χ1n) is 7.89. The molecule has 0 spiro atoms. The van der Waals surface area contributed by atoms with Gasteiger partial charge in [0, 0.05) is 26.2 Å². The first-order valence-corrected chi connectivity index (χ1v) is 7.89. The van der Waals surface area contributed by atoms with Gasteiger partial charge in [-0.2, -0.15) is 0 Å². The molecule has 2 aliphatic rings. The zero-order chi connectivity index (χ0) is 14.2. The third-order valence-electron chi connectivity index (χ3n) is 2.97. The summed E-state index contributed by atoms with van der Waals surface area (Å²) in [5.74, 6) is 0.973. The van der Waals surface area contributed by atoms with E-state index < -0.39 is 0 Å². The molecule has 0 aliphatic carbocycles. The summed E-state index contributed by atoms with van der Waals surface area (Å²) >= 11 is 0. The monoisotopic (exact) mass is 259 g/mol. The lowest BCUT2D eigenvalue weighted by Gasteiger charge is -2.21. The summed E-state index contributed by atoms with van der Waals surface area (Å²) in [4.78, 5) is 2.33. The highest BCUT2D eigenvalue weighted by molar-refractivity contribution is 4.63. The second kappa shape index (κ2) is 16.9. The van der Waals surface area contributed by atoms with Crippen molar-refractivity contribution in [3.63, 3.8) is 0 Å². The minimum Gasteiger partial charge on any atom is -0.317 e. The van der Waals surface area contributed by atoms with E-state index in [0.717, 1.165) is 19.0 Å². The number of hydrogen-bond acceptors (Lipinski definition) is 3. The van der Waals surface area contributed by atoms with Gasteiger partial charge in [0.15, 0.2) is 0 Å². The molecule has 0 radical (unpaired) electrons. The first kappa shape index (κ1) is 20.2. The van der Waals surface area contributed by atoms with Crippen LogP contribution in [-0.2, 0) is 0 Å². The van der Waals surface area contributed by atoms with Crippen molar-refractivity contribution in [1.29, 1.82) is 0 Å². The van der Waals surface area contributed by atoms with Gasteiger partial charge < -0.3 is 15.5 Å². The predicted octanol–water partition coefficient (Wildman–Crippen LogP) is 2.58. The van der Waals surface area contributed by atoms with E-state index in [0.29, 0.717) is 0 Å². The van der Waals surface area contributed by atoms with Crippen molar-refractivity contribution in [2.24, 2.45) is 5.92 Å². The Morgan fingerprint density at radius 1 is 0.778 bits per heavy atom. The molecule has 0 saturated carbocycles. The van der Waals surface area contributed by atoms with Crippen molar-refractivity contribution < 1.29 is 0 Å². The van der Waals surface area contributed by atoms with Gasteiger partial charge in [0.2, 0.25) is 0 Å². The summed E-state index contributed by atoms with van der Waals surface area (Å²) < 4.78 is 0. The van der Waals surface area contributed by atoms with Crippen LogP contribution in [0.4, 0.5) is 0 Å². The van der Waals surface area contributed by atoms with Gasteiger partial charge in [0.05, 0.1) is 0 Å². The smallest absolute Gasteiger partial charge is 0.0104 e. The van der Waals surface area contributed by atoms with Crippen molar-refractivity contribution >= 4 is 0 Å². The zero-order valence-corrected chi connectivity index (χ0v) is 13.7. The van der Waals surface area contributed by atoms with Crippen LogP contribution < -0.4 is 10.6 Å². The SMILES string of the molecule is CC.CC.CC1CCNCC1.CN1CCNCC1. The molecule has 2 heterocycles.